The number of amides is 3. The zero-order valence-corrected chi connectivity index (χ0v) is 17.9. The summed E-state index contributed by atoms with van der Waals surface area (Å²) in [6.45, 7) is 2.05. The van der Waals surface area contributed by atoms with E-state index in [2.05, 4.69) is 26.6 Å². The zero-order valence-electron chi connectivity index (χ0n) is 16.3. The first-order valence-electron chi connectivity index (χ1n) is 9.24. The number of aryl methyl sites for hydroxylation is 1. The molecule has 2 N–H and O–H groups in total. The normalized spacial score (nSPS) is 17.0. The number of hydrogen-bond donors (Lipinski definition) is 2. The Balaban J connectivity index is 1.77. The van der Waals surface area contributed by atoms with Gasteiger partial charge in [0.05, 0.1) is 5.92 Å². The lowest BCUT2D eigenvalue weighted by atomic mass is 10.0. The number of likely N-dealkylation sites (N-methyl/N-ethyl adjacent to an activating group) is 1. The van der Waals surface area contributed by atoms with Crippen LogP contribution < -0.4 is 15.5 Å². The summed E-state index contributed by atoms with van der Waals surface area (Å²) in [5.74, 6) is -4.16. The van der Waals surface area contributed by atoms with Crippen LogP contribution in [0.2, 0.25) is 0 Å². The molecule has 0 bridgehead atoms. The molecule has 2 aromatic rings. The van der Waals surface area contributed by atoms with Crippen molar-refractivity contribution < 1.29 is 23.2 Å². The van der Waals surface area contributed by atoms with E-state index in [4.69, 9.17) is 0 Å². The van der Waals surface area contributed by atoms with E-state index in [1.165, 1.54) is 18.0 Å². The van der Waals surface area contributed by atoms with E-state index in [-0.39, 0.29) is 24.4 Å². The standard InChI is InChI=1S/C21H20BrF2N3O3/c1-11-7-14(4-5-15(11)22)27-10-13(9-18(27)28)20(29)26-19(21(30)25-2)12-3-6-16(23)17(24)8-12/h3-8,13,19H,9-10H2,1-2H3,(H,25,30)(H,26,29). The van der Waals surface area contributed by atoms with Crippen molar-refractivity contribution in [2.45, 2.75) is 19.4 Å². The highest BCUT2D eigenvalue weighted by Crippen LogP contribution is 2.29. The Kier molecular flexibility index (Phi) is 6.50. The third-order valence-corrected chi connectivity index (χ3v) is 5.91. The maximum Gasteiger partial charge on any atom is 0.246 e. The fourth-order valence-electron chi connectivity index (χ4n) is 3.33. The molecule has 0 radical (unpaired) electrons. The predicted molar refractivity (Wildman–Crippen MR) is 111 cm³/mol. The first-order chi connectivity index (χ1) is 14.2. The molecule has 1 heterocycles. The Morgan fingerprint density at radius 2 is 1.90 bits per heavy atom. The van der Waals surface area contributed by atoms with Gasteiger partial charge in [-0.15, -0.1) is 0 Å². The summed E-state index contributed by atoms with van der Waals surface area (Å²) in [5, 5.41) is 4.96. The van der Waals surface area contributed by atoms with Crippen LogP contribution in [0.5, 0.6) is 0 Å². The molecule has 0 aromatic heterocycles. The smallest absolute Gasteiger partial charge is 0.246 e. The number of nitrogens with one attached hydrogen (secondary N) is 2. The Morgan fingerprint density at radius 1 is 1.17 bits per heavy atom. The number of halogens is 3. The van der Waals surface area contributed by atoms with Crippen LogP contribution in [0.15, 0.2) is 40.9 Å². The third-order valence-electron chi connectivity index (χ3n) is 5.02. The van der Waals surface area contributed by atoms with Gasteiger partial charge in [0, 0.05) is 30.2 Å². The van der Waals surface area contributed by atoms with E-state index in [1.54, 1.807) is 6.07 Å². The molecule has 1 fully saturated rings. The Labute approximate surface area is 180 Å². The second kappa shape index (κ2) is 8.91. The van der Waals surface area contributed by atoms with Crippen molar-refractivity contribution in [2.24, 2.45) is 5.92 Å². The quantitative estimate of drug-likeness (QED) is 0.691. The molecule has 0 aliphatic carbocycles. The Morgan fingerprint density at radius 3 is 2.53 bits per heavy atom. The van der Waals surface area contributed by atoms with Gasteiger partial charge in [0.2, 0.25) is 17.7 Å². The monoisotopic (exact) mass is 479 g/mol. The first-order valence-corrected chi connectivity index (χ1v) is 10.0. The molecule has 0 spiro atoms. The summed E-state index contributed by atoms with van der Waals surface area (Å²) in [4.78, 5) is 39.1. The van der Waals surface area contributed by atoms with Gasteiger partial charge in [-0.05, 0) is 48.4 Å². The fraction of sp³-hybridized carbons (Fsp3) is 0.286. The van der Waals surface area contributed by atoms with Gasteiger partial charge in [-0.2, -0.15) is 0 Å². The highest BCUT2D eigenvalue weighted by atomic mass is 79.9. The summed E-state index contributed by atoms with van der Waals surface area (Å²) in [6, 6.07) is 7.23. The van der Waals surface area contributed by atoms with Crippen molar-refractivity contribution in [3.63, 3.8) is 0 Å². The maximum atomic E-state index is 13.6. The van der Waals surface area contributed by atoms with Gasteiger partial charge in [-0.3, -0.25) is 14.4 Å². The number of anilines is 1. The molecule has 9 heteroatoms. The largest absolute Gasteiger partial charge is 0.357 e. The fourth-order valence-corrected chi connectivity index (χ4v) is 3.57. The van der Waals surface area contributed by atoms with E-state index >= 15 is 0 Å². The number of benzene rings is 2. The van der Waals surface area contributed by atoms with Crippen molar-refractivity contribution in [2.75, 3.05) is 18.5 Å². The lowest BCUT2D eigenvalue weighted by molar-refractivity contribution is -0.131. The second-order valence-corrected chi connectivity index (χ2v) is 7.92. The maximum absolute atomic E-state index is 13.6. The highest BCUT2D eigenvalue weighted by molar-refractivity contribution is 9.10. The second-order valence-electron chi connectivity index (χ2n) is 7.07. The van der Waals surface area contributed by atoms with Gasteiger partial charge < -0.3 is 15.5 Å². The molecule has 1 saturated heterocycles. The molecule has 6 nitrogen and oxygen atoms in total. The predicted octanol–water partition coefficient (Wildman–Crippen LogP) is 2.99. The van der Waals surface area contributed by atoms with E-state index in [0.29, 0.717) is 5.69 Å². The van der Waals surface area contributed by atoms with Crippen LogP contribution in [0.25, 0.3) is 0 Å². The molecule has 2 unspecified atom stereocenters. The zero-order chi connectivity index (χ0) is 22.0. The average molecular weight is 480 g/mol. The van der Waals surface area contributed by atoms with E-state index < -0.39 is 35.4 Å². The molecule has 3 amide bonds. The van der Waals surface area contributed by atoms with Crippen molar-refractivity contribution in [1.29, 1.82) is 0 Å². The summed E-state index contributed by atoms with van der Waals surface area (Å²) in [5.41, 5.74) is 1.73. The molecular formula is C21H20BrF2N3O3. The van der Waals surface area contributed by atoms with Crippen molar-refractivity contribution in [3.05, 3.63) is 63.6 Å². The lowest BCUT2D eigenvalue weighted by Crippen LogP contribution is -2.42. The Bertz CT molecular complexity index is 1010. The topological polar surface area (TPSA) is 78.5 Å². The van der Waals surface area contributed by atoms with E-state index in [9.17, 15) is 23.2 Å². The highest BCUT2D eigenvalue weighted by Gasteiger charge is 2.37. The molecule has 1 aliphatic heterocycles. The summed E-state index contributed by atoms with van der Waals surface area (Å²) in [6.07, 6.45) is -0.0147. The van der Waals surface area contributed by atoms with Crippen molar-refractivity contribution >= 4 is 39.3 Å². The average Bonchev–Trinajstić information content (AvgIpc) is 3.11. The SMILES string of the molecule is CNC(=O)C(NC(=O)C1CC(=O)N(c2ccc(Br)c(C)c2)C1)c1ccc(F)c(F)c1. The summed E-state index contributed by atoms with van der Waals surface area (Å²) < 4.78 is 27.8. The van der Waals surface area contributed by atoms with Crippen LogP contribution in [0.4, 0.5) is 14.5 Å². The third kappa shape index (κ3) is 4.51. The molecule has 1 aliphatic rings. The number of nitrogens with zero attached hydrogens (tertiary/aromatic N) is 1. The Hall–Kier alpha value is -2.81. The van der Waals surface area contributed by atoms with Gasteiger partial charge in [-0.1, -0.05) is 22.0 Å². The van der Waals surface area contributed by atoms with Crippen LogP contribution in [0, 0.1) is 24.5 Å². The summed E-state index contributed by atoms with van der Waals surface area (Å²) in [7, 11) is 1.37. The first kappa shape index (κ1) is 21.9. The van der Waals surface area contributed by atoms with E-state index in [0.717, 1.165) is 22.2 Å². The number of carbonyl (C=O) groups is 3. The molecule has 0 saturated carbocycles. The minimum absolute atomic E-state index is 0.0147. The molecule has 2 atom stereocenters. The summed E-state index contributed by atoms with van der Waals surface area (Å²) >= 11 is 3.41. The lowest BCUT2D eigenvalue weighted by Gasteiger charge is -2.21. The molecule has 3 rings (SSSR count). The van der Waals surface area contributed by atoms with Crippen LogP contribution in [0.3, 0.4) is 0 Å². The van der Waals surface area contributed by atoms with Gasteiger partial charge in [0.25, 0.3) is 0 Å². The van der Waals surface area contributed by atoms with Crippen LogP contribution in [-0.4, -0.2) is 31.3 Å². The minimum Gasteiger partial charge on any atom is -0.357 e. The van der Waals surface area contributed by atoms with Crippen LogP contribution in [-0.2, 0) is 14.4 Å². The molecule has 158 valence electrons. The van der Waals surface area contributed by atoms with Crippen molar-refractivity contribution in [1.82, 2.24) is 10.6 Å². The number of rotatable bonds is 5. The van der Waals surface area contributed by atoms with E-state index in [1.807, 2.05) is 19.1 Å². The molecule has 2 aromatic carbocycles. The van der Waals surface area contributed by atoms with Crippen molar-refractivity contribution in [3.8, 4) is 0 Å². The molecule has 30 heavy (non-hydrogen) atoms. The van der Waals surface area contributed by atoms with Crippen LogP contribution >= 0.6 is 15.9 Å². The van der Waals surface area contributed by atoms with Gasteiger partial charge >= 0.3 is 0 Å². The van der Waals surface area contributed by atoms with Crippen LogP contribution in [0.1, 0.15) is 23.6 Å². The van der Waals surface area contributed by atoms with Gasteiger partial charge in [-0.25, -0.2) is 8.78 Å². The van der Waals surface area contributed by atoms with Gasteiger partial charge in [0.1, 0.15) is 6.04 Å². The number of carbonyl (C=O) groups excluding carboxylic acids is 3. The van der Waals surface area contributed by atoms with Gasteiger partial charge in [0.15, 0.2) is 11.6 Å². The number of hydrogen-bond acceptors (Lipinski definition) is 3. The minimum atomic E-state index is -1.21. The molecular weight excluding hydrogens is 460 g/mol.